The summed E-state index contributed by atoms with van der Waals surface area (Å²) in [6.07, 6.45) is 0.815. The van der Waals surface area contributed by atoms with Gasteiger partial charge in [-0.25, -0.2) is 0 Å². The lowest BCUT2D eigenvalue weighted by molar-refractivity contribution is -0.125. The van der Waals surface area contributed by atoms with E-state index in [1.54, 1.807) is 0 Å². The maximum absolute atomic E-state index is 11.7. The number of hydrogen-bond donors (Lipinski definition) is 3. The molecule has 0 heterocycles. The zero-order chi connectivity index (χ0) is 11.8. The van der Waals surface area contributed by atoms with E-state index in [0.717, 1.165) is 6.42 Å². The van der Waals surface area contributed by atoms with Crippen LogP contribution in [0.3, 0.4) is 0 Å². The number of carbonyl (C=O) groups excluding carboxylic acids is 1. The van der Waals surface area contributed by atoms with Crippen molar-refractivity contribution in [3.8, 4) is 0 Å². The van der Waals surface area contributed by atoms with Gasteiger partial charge in [0.2, 0.25) is 5.91 Å². The van der Waals surface area contributed by atoms with E-state index in [2.05, 4.69) is 19.2 Å². The Balaban J connectivity index is 3.93. The van der Waals surface area contributed by atoms with E-state index in [4.69, 9.17) is 10.8 Å². The van der Waals surface area contributed by atoms with Gasteiger partial charge in [-0.3, -0.25) is 4.79 Å². The van der Waals surface area contributed by atoms with Gasteiger partial charge >= 0.3 is 0 Å². The minimum Gasteiger partial charge on any atom is -0.396 e. The van der Waals surface area contributed by atoms with Crippen molar-refractivity contribution in [2.45, 2.75) is 27.2 Å². The summed E-state index contributed by atoms with van der Waals surface area (Å²) in [5.41, 5.74) is 5.55. The number of nitrogens with two attached hydrogens (primary N) is 1. The van der Waals surface area contributed by atoms with E-state index in [9.17, 15) is 4.79 Å². The summed E-state index contributed by atoms with van der Waals surface area (Å²) >= 11 is 0. The van der Waals surface area contributed by atoms with Crippen LogP contribution in [0.15, 0.2) is 0 Å². The number of aliphatic hydroxyl groups is 1. The Morgan fingerprint density at radius 1 is 1.40 bits per heavy atom. The first kappa shape index (κ1) is 14.4. The minimum atomic E-state index is -0.101. The van der Waals surface area contributed by atoms with Crippen molar-refractivity contribution in [1.82, 2.24) is 5.32 Å². The van der Waals surface area contributed by atoms with Gasteiger partial charge in [-0.15, -0.1) is 0 Å². The van der Waals surface area contributed by atoms with E-state index >= 15 is 0 Å². The summed E-state index contributed by atoms with van der Waals surface area (Å²) in [6, 6.07) is 0. The highest BCUT2D eigenvalue weighted by atomic mass is 16.3. The van der Waals surface area contributed by atoms with Crippen molar-refractivity contribution in [2.75, 3.05) is 19.7 Å². The lowest BCUT2D eigenvalue weighted by Gasteiger charge is -2.18. The molecule has 2 unspecified atom stereocenters. The Bertz CT molecular complexity index is 183. The molecule has 0 aromatic rings. The average molecular weight is 216 g/mol. The summed E-state index contributed by atoms with van der Waals surface area (Å²) in [6.45, 7) is 7.04. The zero-order valence-electron chi connectivity index (χ0n) is 9.99. The van der Waals surface area contributed by atoms with Gasteiger partial charge in [0.05, 0.1) is 5.92 Å². The molecule has 0 aromatic heterocycles. The Labute approximate surface area is 92.2 Å². The molecule has 0 radical (unpaired) electrons. The molecule has 4 N–H and O–H groups in total. The highest BCUT2D eigenvalue weighted by molar-refractivity contribution is 5.78. The molecule has 90 valence electrons. The SMILES string of the molecule is CC(C)CC(CN)C(=O)NCC(C)CO. The van der Waals surface area contributed by atoms with Crippen LogP contribution in [0.4, 0.5) is 0 Å². The first-order valence-electron chi connectivity index (χ1n) is 5.59. The summed E-state index contributed by atoms with van der Waals surface area (Å²) in [5, 5.41) is 11.6. The molecule has 0 spiro atoms. The van der Waals surface area contributed by atoms with Crippen LogP contribution >= 0.6 is 0 Å². The van der Waals surface area contributed by atoms with Gasteiger partial charge in [0, 0.05) is 19.7 Å². The molecule has 0 aliphatic carbocycles. The second-order valence-corrected chi connectivity index (χ2v) is 4.60. The van der Waals surface area contributed by atoms with Gasteiger partial charge in [-0.05, 0) is 18.3 Å². The van der Waals surface area contributed by atoms with E-state index in [1.165, 1.54) is 0 Å². The third-order valence-electron chi connectivity index (χ3n) is 2.35. The first-order chi connectivity index (χ1) is 7.01. The number of hydrogen-bond acceptors (Lipinski definition) is 3. The van der Waals surface area contributed by atoms with Crippen LogP contribution in [-0.4, -0.2) is 30.7 Å². The topological polar surface area (TPSA) is 75.4 Å². The van der Waals surface area contributed by atoms with Crippen molar-refractivity contribution in [2.24, 2.45) is 23.5 Å². The van der Waals surface area contributed by atoms with Crippen LogP contribution < -0.4 is 11.1 Å². The Hall–Kier alpha value is -0.610. The van der Waals surface area contributed by atoms with Crippen LogP contribution in [-0.2, 0) is 4.79 Å². The molecule has 4 nitrogen and oxygen atoms in total. The summed E-state index contributed by atoms with van der Waals surface area (Å²) in [7, 11) is 0. The Kier molecular flexibility index (Phi) is 7.34. The predicted octanol–water partition coefficient (Wildman–Crippen LogP) is 0.352. The standard InChI is InChI=1S/C11H24N2O2/c1-8(2)4-10(5-12)11(15)13-6-9(3)7-14/h8-10,14H,4-7,12H2,1-3H3,(H,13,15). The molecule has 0 saturated heterocycles. The van der Waals surface area contributed by atoms with Crippen LogP contribution in [0.1, 0.15) is 27.2 Å². The molecular formula is C11H24N2O2. The molecule has 0 bridgehead atoms. The van der Waals surface area contributed by atoms with E-state index < -0.39 is 0 Å². The smallest absolute Gasteiger partial charge is 0.224 e. The van der Waals surface area contributed by atoms with Gasteiger partial charge in [-0.2, -0.15) is 0 Å². The molecular weight excluding hydrogens is 192 g/mol. The summed E-state index contributed by atoms with van der Waals surface area (Å²) in [4.78, 5) is 11.7. The lowest BCUT2D eigenvalue weighted by Crippen LogP contribution is -2.38. The largest absolute Gasteiger partial charge is 0.396 e. The van der Waals surface area contributed by atoms with Gasteiger partial charge in [0.25, 0.3) is 0 Å². The van der Waals surface area contributed by atoms with Crippen molar-refractivity contribution in [1.29, 1.82) is 0 Å². The van der Waals surface area contributed by atoms with Gasteiger partial charge < -0.3 is 16.2 Å². The molecule has 1 amide bonds. The summed E-state index contributed by atoms with van der Waals surface area (Å²) in [5.74, 6) is 0.480. The molecule has 0 rings (SSSR count). The second-order valence-electron chi connectivity index (χ2n) is 4.60. The molecule has 0 fully saturated rings. The van der Waals surface area contributed by atoms with Crippen LogP contribution in [0.2, 0.25) is 0 Å². The normalized spacial score (nSPS) is 15.1. The molecule has 0 aromatic carbocycles. The average Bonchev–Trinajstić information content (AvgIpc) is 2.21. The number of nitrogens with one attached hydrogen (secondary N) is 1. The van der Waals surface area contributed by atoms with Crippen molar-refractivity contribution in [3.63, 3.8) is 0 Å². The third-order valence-corrected chi connectivity index (χ3v) is 2.35. The molecule has 4 heteroatoms. The molecule has 2 atom stereocenters. The van der Waals surface area contributed by atoms with Crippen LogP contribution in [0.5, 0.6) is 0 Å². The lowest BCUT2D eigenvalue weighted by atomic mass is 9.96. The zero-order valence-corrected chi connectivity index (χ0v) is 9.99. The molecule has 0 saturated carbocycles. The fraction of sp³-hybridized carbons (Fsp3) is 0.909. The van der Waals surface area contributed by atoms with Crippen LogP contribution in [0.25, 0.3) is 0 Å². The van der Waals surface area contributed by atoms with Gasteiger partial charge in [0.15, 0.2) is 0 Å². The van der Waals surface area contributed by atoms with Crippen LogP contribution in [0, 0.1) is 17.8 Å². The van der Waals surface area contributed by atoms with E-state index in [0.29, 0.717) is 19.0 Å². The highest BCUT2D eigenvalue weighted by Crippen LogP contribution is 2.10. The monoisotopic (exact) mass is 216 g/mol. The first-order valence-corrected chi connectivity index (χ1v) is 5.59. The van der Waals surface area contributed by atoms with Gasteiger partial charge in [-0.1, -0.05) is 20.8 Å². The maximum Gasteiger partial charge on any atom is 0.224 e. The quantitative estimate of drug-likeness (QED) is 0.575. The fourth-order valence-corrected chi connectivity index (χ4v) is 1.36. The molecule has 15 heavy (non-hydrogen) atoms. The van der Waals surface area contributed by atoms with Crippen molar-refractivity contribution < 1.29 is 9.90 Å². The fourth-order valence-electron chi connectivity index (χ4n) is 1.36. The van der Waals surface area contributed by atoms with Crippen molar-refractivity contribution in [3.05, 3.63) is 0 Å². The van der Waals surface area contributed by atoms with E-state index in [-0.39, 0.29) is 24.3 Å². The third kappa shape index (κ3) is 6.47. The number of rotatable bonds is 7. The van der Waals surface area contributed by atoms with E-state index in [1.807, 2.05) is 6.92 Å². The molecule has 0 aliphatic heterocycles. The number of amides is 1. The van der Waals surface area contributed by atoms with Gasteiger partial charge in [0.1, 0.15) is 0 Å². The Morgan fingerprint density at radius 3 is 2.40 bits per heavy atom. The highest BCUT2D eigenvalue weighted by Gasteiger charge is 2.18. The summed E-state index contributed by atoms with van der Waals surface area (Å²) < 4.78 is 0. The maximum atomic E-state index is 11.7. The van der Waals surface area contributed by atoms with Crippen molar-refractivity contribution >= 4 is 5.91 Å². The predicted molar refractivity (Wildman–Crippen MR) is 61.3 cm³/mol. The second kappa shape index (κ2) is 7.65. The number of aliphatic hydroxyl groups excluding tert-OH is 1. The molecule has 0 aliphatic rings. The Morgan fingerprint density at radius 2 is 2.00 bits per heavy atom. The number of carbonyl (C=O) groups is 1. The minimum absolute atomic E-state index is 0.00602.